The van der Waals surface area contributed by atoms with Gasteiger partial charge in [-0.1, -0.05) is 6.92 Å². The molecule has 1 N–H and O–H groups in total. The van der Waals surface area contributed by atoms with E-state index >= 15 is 0 Å². The normalized spacial score (nSPS) is 23.3. The van der Waals surface area contributed by atoms with Crippen molar-refractivity contribution >= 4 is 6.03 Å². The summed E-state index contributed by atoms with van der Waals surface area (Å²) in [5.41, 5.74) is 0. The van der Waals surface area contributed by atoms with Crippen molar-refractivity contribution < 1.29 is 9.21 Å². The number of rotatable bonds is 7. The molecule has 134 valence electrons. The Balaban J connectivity index is 1.35. The zero-order valence-corrected chi connectivity index (χ0v) is 14.9. The maximum absolute atomic E-state index is 12.7. The first-order valence-corrected chi connectivity index (χ1v) is 9.21. The van der Waals surface area contributed by atoms with E-state index in [4.69, 9.17) is 4.42 Å². The number of furan rings is 1. The fourth-order valence-electron chi connectivity index (χ4n) is 3.37. The molecule has 6 heteroatoms. The Kier molecular flexibility index (Phi) is 4.27. The van der Waals surface area contributed by atoms with Crippen LogP contribution in [-0.2, 0) is 13.1 Å². The fraction of sp³-hybridized carbons (Fsp3) is 0.579. The van der Waals surface area contributed by atoms with Crippen LogP contribution in [0.15, 0.2) is 35.3 Å². The van der Waals surface area contributed by atoms with Crippen LogP contribution in [0.2, 0.25) is 0 Å². The lowest BCUT2D eigenvalue weighted by Gasteiger charge is -2.24. The molecule has 2 aliphatic rings. The molecule has 6 nitrogen and oxygen atoms in total. The van der Waals surface area contributed by atoms with Crippen molar-refractivity contribution in [2.45, 2.75) is 64.2 Å². The first-order valence-electron chi connectivity index (χ1n) is 9.21. The highest BCUT2D eigenvalue weighted by Gasteiger charge is 2.37. The third kappa shape index (κ3) is 3.89. The molecule has 4 rings (SSSR count). The highest BCUT2D eigenvalue weighted by molar-refractivity contribution is 5.75. The lowest BCUT2D eigenvalue weighted by Crippen LogP contribution is -2.45. The maximum atomic E-state index is 12.7. The summed E-state index contributed by atoms with van der Waals surface area (Å²) < 4.78 is 7.97. The van der Waals surface area contributed by atoms with Crippen molar-refractivity contribution in [3.05, 3.63) is 42.4 Å². The second-order valence-corrected chi connectivity index (χ2v) is 7.59. The van der Waals surface area contributed by atoms with Gasteiger partial charge >= 0.3 is 6.03 Å². The molecule has 0 bridgehead atoms. The summed E-state index contributed by atoms with van der Waals surface area (Å²) in [6.45, 7) is 5.53. The summed E-state index contributed by atoms with van der Waals surface area (Å²) in [4.78, 5) is 18.7. The van der Waals surface area contributed by atoms with Gasteiger partial charge in [-0.2, -0.15) is 0 Å². The first-order chi connectivity index (χ1) is 12.1. The maximum Gasteiger partial charge on any atom is 0.318 e. The Morgan fingerprint density at radius 3 is 2.92 bits per heavy atom. The minimum absolute atomic E-state index is 0.00662. The molecule has 2 saturated carbocycles. The van der Waals surface area contributed by atoms with Gasteiger partial charge in [-0.3, -0.25) is 0 Å². The van der Waals surface area contributed by atoms with E-state index in [0.29, 0.717) is 25.0 Å². The summed E-state index contributed by atoms with van der Waals surface area (Å²) >= 11 is 0. The van der Waals surface area contributed by atoms with Gasteiger partial charge in [0.1, 0.15) is 11.5 Å². The number of imidazole rings is 1. The van der Waals surface area contributed by atoms with Crippen LogP contribution in [0.3, 0.4) is 0 Å². The second kappa shape index (κ2) is 6.58. The number of nitrogens with zero attached hydrogens (tertiary/aromatic N) is 3. The van der Waals surface area contributed by atoms with Gasteiger partial charge in [0.25, 0.3) is 0 Å². The number of carbonyl (C=O) groups excluding carboxylic acids is 1. The Morgan fingerprint density at radius 2 is 2.28 bits per heavy atom. The molecule has 2 aromatic heterocycles. The Hall–Kier alpha value is -2.24. The molecule has 2 fully saturated rings. The topological polar surface area (TPSA) is 63.3 Å². The number of amides is 2. The van der Waals surface area contributed by atoms with Crippen LogP contribution in [0.4, 0.5) is 4.79 Å². The molecule has 0 saturated heterocycles. The largest absolute Gasteiger partial charge is 0.464 e. The van der Waals surface area contributed by atoms with Crippen LogP contribution in [0.1, 0.15) is 50.5 Å². The van der Waals surface area contributed by atoms with E-state index in [1.165, 1.54) is 6.42 Å². The lowest BCUT2D eigenvalue weighted by molar-refractivity contribution is 0.182. The minimum Gasteiger partial charge on any atom is -0.464 e. The summed E-state index contributed by atoms with van der Waals surface area (Å²) in [6, 6.07) is 4.48. The van der Waals surface area contributed by atoms with Gasteiger partial charge in [0, 0.05) is 36.9 Å². The zero-order valence-electron chi connectivity index (χ0n) is 14.9. The molecule has 0 aliphatic heterocycles. The van der Waals surface area contributed by atoms with Crippen LogP contribution < -0.4 is 5.32 Å². The van der Waals surface area contributed by atoms with E-state index in [0.717, 1.165) is 30.3 Å². The number of carbonyl (C=O) groups is 1. The molecular weight excluding hydrogens is 316 g/mol. The van der Waals surface area contributed by atoms with Gasteiger partial charge in [-0.15, -0.1) is 0 Å². The lowest BCUT2D eigenvalue weighted by atomic mass is 10.3. The first kappa shape index (κ1) is 16.2. The van der Waals surface area contributed by atoms with Gasteiger partial charge < -0.3 is 19.2 Å². The van der Waals surface area contributed by atoms with Crippen LogP contribution in [0.5, 0.6) is 0 Å². The third-order valence-electron chi connectivity index (χ3n) is 5.15. The molecule has 0 unspecified atom stereocenters. The van der Waals surface area contributed by atoms with Crippen LogP contribution in [0.25, 0.3) is 0 Å². The molecule has 0 radical (unpaired) electrons. The summed E-state index contributed by atoms with van der Waals surface area (Å²) in [6.07, 6.45) is 8.80. The van der Waals surface area contributed by atoms with E-state index < -0.39 is 0 Å². The van der Waals surface area contributed by atoms with E-state index in [2.05, 4.69) is 23.3 Å². The highest BCUT2D eigenvalue weighted by Crippen LogP contribution is 2.47. The summed E-state index contributed by atoms with van der Waals surface area (Å²) in [7, 11) is 0. The van der Waals surface area contributed by atoms with Crippen molar-refractivity contribution in [1.82, 2.24) is 19.8 Å². The predicted octanol–water partition coefficient (Wildman–Crippen LogP) is 3.36. The SMILES string of the molecule is C[C@H](Cn1ccnc1)NC(=O)N(Cc1ccc([C@H]2C[C@H]2C)o1)C1CC1. The number of hydrogen-bond acceptors (Lipinski definition) is 3. The minimum atomic E-state index is -0.00662. The number of urea groups is 1. The van der Waals surface area contributed by atoms with E-state index in [-0.39, 0.29) is 12.1 Å². The Labute approximate surface area is 148 Å². The van der Waals surface area contributed by atoms with Gasteiger partial charge in [0.05, 0.1) is 12.9 Å². The third-order valence-corrected chi connectivity index (χ3v) is 5.15. The molecule has 2 amide bonds. The van der Waals surface area contributed by atoms with E-state index in [1.54, 1.807) is 12.5 Å². The summed E-state index contributed by atoms with van der Waals surface area (Å²) in [5, 5.41) is 3.11. The number of nitrogens with one attached hydrogen (secondary N) is 1. The van der Waals surface area contributed by atoms with Crippen molar-refractivity contribution in [2.24, 2.45) is 5.92 Å². The monoisotopic (exact) mass is 342 g/mol. The predicted molar refractivity (Wildman–Crippen MR) is 94.0 cm³/mol. The smallest absolute Gasteiger partial charge is 0.318 e. The van der Waals surface area contributed by atoms with Crippen LogP contribution >= 0.6 is 0 Å². The van der Waals surface area contributed by atoms with Crippen LogP contribution in [-0.4, -0.2) is 32.6 Å². The van der Waals surface area contributed by atoms with Crippen molar-refractivity contribution in [2.75, 3.05) is 0 Å². The molecule has 2 heterocycles. The van der Waals surface area contributed by atoms with Gasteiger partial charge in [0.15, 0.2) is 0 Å². The molecular formula is C19H26N4O2. The van der Waals surface area contributed by atoms with E-state index in [1.807, 2.05) is 28.7 Å². The Morgan fingerprint density at radius 1 is 1.48 bits per heavy atom. The zero-order chi connectivity index (χ0) is 17.4. The molecule has 0 spiro atoms. The van der Waals surface area contributed by atoms with Crippen molar-refractivity contribution in [3.63, 3.8) is 0 Å². The number of hydrogen-bond donors (Lipinski definition) is 1. The van der Waals surface area contributed by atoms with E-state index in [9.17, 15) is 4.79 Å². The molecule has 3 atom stereocenters. The average molecular weight is 342 g/mol. The van der Waals surface area contributed by atoms with Crippen molar-refractivity contribution in [3.8, 4) is 0 Å². The summed E-state index contributed by atoms with van der Waals surface area (Å²) in [5.74, 6) is 3.27. The second-order valence-electron chi connectivity index (χ2n) is 7.59. The molecule has 25 heavy (non-hydrogen) atoms. The standard InChI is InChI=1S/C19H26N4O2/c1-13-9-17(13)18-6-5-16(25-18)11-23(15-3-4-15)19(24)21-14(2)10-22-8-7-20-12-22/h5-8,12-15,17H,3-4,9-11H2,1-2H3,(H,21,24)/t13-,14-,17+/m1/s1. The van der Waals surface area contributed by atoms with Gasteiger partial charge in [0.2, 0.25) is 0 Å². The highest BCUT2D eigenvalue weighted by atomic mass is 16.3. The Bertz CT molecular complexity index is 720. The van der Waals surface area contributed by atoms with Crippen LogP contribution in [0, 0.1) is 5.92 Å². The van der Waals surface area contributed by atoms with Gasteiger partial charge in [-0.05, 0) is 44.2 Å². The van der Waals surface area contributed by atoms with Gasteiger partial charge in [-0.25, -0.2) is 9.78 Å². The molecule has 0 aromatic carbocycles. The quantitative estimate of drug-likeness (QED) is 0.839. The average Bonchev–Trinajstić information content (AvgIpc) is 3.43. The number of aromatic nitrogens is 2. The van der Waals surface area contributed by atoms with Crippen molar-refractivity contribution in [1.29, 1.82) is 0 Å². The fourth-order valence-corrected chi connectivity index (χ4v) is 3.37. The molecule has 2 aromatic rings. The molecule has 2 aliphatic carbocycles.